The smallest absolute Gasteiger partial charge is 0.191 e. The molecule has 2 N–H and O–H groups in total. The Labute approximate surface area is 133 Å². The van der Waals surface area contributed by atoms with Gasteiger partial charge >= 0.3 is 0 Å². The molecule has 1 fully saturated rings. The molecule has 1 heterocycles. The van der Waals surface area contributed by atoms with E-state index in [0.29, 0.717) is 12.5 Å². The number of morpholine rings is 1. The zero-order valence-electron chi connectivity index (χ0n) is 13.8. The average Bonchev–Trinajstić information content (AvgIpc) is 2.55. The van der Waals surface area contributed by atoms with Gasteiger partial charge in [-0.1, -0.05) is 24.3 Å². The first kappa shape index (κ1) is 16.8. The summed E-state index contributed by atoms with van der Waals surface area (Å²) in [5.74, 6) is 0.628. The normalized spacial score (nSPS) is 16.7. The highest BCUT2D eigenvalue weighted by Gasteiger charge is 2.10. The zero-order valence-corrected chi connectivity index (χ0v) is 13.8. The molecule has 0 amide bonds. The highest BCUT2D eigenvalue weighted by molar-refractivity contribution is 5.77. The predicted octanol–water partition coefficient (Wildman–Crippen LogP) is 1.68. The van der Waals surface area contributed by atoms with Crippen molar-refractivity contribution in [2.45, 2.75) is 26.9 Å². The number of aliphatic imine (C=N–C) groups is 1. The summed E-state index contributed by atoms with van der Waals surface area (Å²) in [7, 11) is 0. The summed E-state index contributed by atoms with van der Waals surface area (Å²) in [5, 5.41) is 0. The van der Waals surface area contributed by atoms with Crippen molar-refractivity contribution in [2.24, 2.45) is 10.7 Å². The zero-order chi connectivity index (χ0) is 15.8. The molecule has 0 radical (unpaired) electrons. The third kappa shape index (κ3) is 5.00. The molecule has 0 unspecified atom stereocenters. The van der Waals surface area contributed by atoms with Gasteiger partial charge in [-0.3, -0.25) is 4.90 Å². The van der Waals surface area contributed by atoms with E-state index < -0.39 is 0 Å². The lowest BCUT2D eigenvalue weighted by Gasteiger charge is -2.26. The van der Waals surface area contributed by atoms with E-state index in [1.807, 2.05) is 0 Å². The van der Waals surface area contributed by atoms with E-state index in [1.165, 1.54) is 11.1 Å². The minimum Gasteiger partial charge on any atom is -0.379 e. The molecule has 1 aromatic carbocycles. The Morgan fingerprint density at radius 2 is 1.91 bits per heavy atom. The van der Waals surface area contributed by atoms with Gasteiger partial charge in [0, 0.05) is 32.7 Å². The number of nitrogens with two attached hydrogens (primary N) is 1. The molecule has 22 heavy (non-hydrogen) atoms. The van der Waals surface area contributed by atoms with Gasteiger partial charge in [0.25, 0.3) is 0 Å². The van der Waals surface area contributed by atoms with Gasteiger partial charge in [-0.25, -0.2) is 4.99 Å². The lowest BCUT2D eigenvalue weighted by molar-refractivity contribution is 0.0342. The maximum Gasteiger partial charge on any atom is 0.191 e. The molecule has 5 heteroatoms. The summed E-state index contributed by atoms with van der Waals surface area (Å²) >= 11 is 0. The Morgan fingerprint density at radius 3 is 2.59 bits per heavy atom. The van der Waals surface area contributed by atoms with Crippen LogP contribution < -0.4 is 5.73 Å². The van der Waals surface area contributed by atoms with Gasteiger partial charge in [0.05, 0.1) is 19.8 Å². The van der Waals surface area contributed by atoms with Gasteiger partial charge in [-0.05, 0) is 25.0 Å². The SMILES string of the molecule is CCN(CC)C(N)=NCc1cccc(CN2CCOCC2)c1. The lowest BCUT2D eigenvalue weighted by atomic mass is 10.1. The molecule has 1 saturated heterocycles. The fourth-order valence-corrected chi connectivity index (χ4v) is 2.66. The number of hydrogen-bond acceptors (Lipinski definition) is 3. The molecule has 1 aliphatic heterocycles. The lowest BCUT2D eigenvalue weighted by Crippen LogP contribution is -2.37. The Hall–Kier alpha value is -1.59. The van der Waals surface area contributed by atoms with Gasteiger partial charge in [-0.2, -0.15) is 0 Å². The van der Waals surface area contributed by atoms with E-state index in [1.54, 1.807) is 0 Å². The fraction of sp³-hybridized carbons (Fsp3) is 0.588. The van der Waals surface area contributed by atoms with Crippen LogP contribution in [0.2, 0.25) is 0 Å². The number of hydrogen-bond donors (Lipinski definition) is 1. The summed E-state index contributed by atoms with van der Waals surface area (Å²) in [4.78, 5) is 9.00. The minimum atomic E-state index is 0.628. The van der Waals surface area contributed by atoms with Crippen LogP contribution in [0, 0.1) is 0 Å². The van der Waals surface area contributed by atoms with Crippen LogP contribution in [0.4, 0.5) is 0 Å². The Kier molecular flexibility index (Phi) is 6.68. The van der Waals surface area contributed by atoms with Crippen LogP contribution in [-0.2, 0) is 17.8 Å². The molecular formula is C17H28N4O. The van der Waals surface area contributed by atoms with Crippen molar-refractivity contribution in [3.8, 4) is 0 Å². The number of ether oxygens (including phenoxy) is 1. The second-order valence-corrected chi connectivity index (χ2v) is 5.56. The van der Waals surface area contributed by atoms with Gasteiger partial charge in [0.2, 0.25) is 0 Å². The van der Waals surface area contributed by atoms with Crippen LogP contribution >= 0.6 is 0 Å². The van der Waals surface area contributed by atoms with Crippen LogP contribution in [0.25, 0.3) is 0 Å². The second kappa shape index (κ2) is 8.76. The van der Waals surface area contributed by atoms with Crippen LogP contribution in [0.1, 0.15) is 25.0 Å². The average molecular weight is 304 g/mol. The van der Waals surface area contributed by atoms with Crippen LogP contribution in [-0.4, -0.2) is 55.2 Å². The van der Waals surface area contributed by atoms with Crippen molar-refractivity contribution < 1.29 is 4.74 Å². The van der Waals surface area contributed by atoms with Crippen molar-refractivity contribution in [3.63, 3.8) is 0 Å². The molecule has 0 bridgehead atoms. The Bertz CT molecular complexity index is 479. The molecule has 1 aromatic rings. The van der Waals surface area contributed by atoms with Crippen molar-refractivity contribution >= 4 is 5.96 Å². The Balaban J connectivity index is 1.94. The maximum absolute atomic E-state index is 6.03. The molecule has 0 aromatic heterocycles. The molecule has 122 valence electrons. The van der Waals surface area contributed by atoms with Crippen LogP contribution in [0.5, 0.6) is 0 Å². The van der Waals surface area contributed by atoms with Gasteiger partial charge < -0.3 is 15.4 Å². The molecule has 1 aliphatic rings. The molecule has 0 aliphatic carbocycles. The van der Waals surface area contributed by atoms with Gasteiger partial charge in [0.15, 0.2) is 5.96 Å². The van der Waals surface area contributed by atoms with Crippen molar-refractivity contribution in [3.05, 3.63) is 35.4 Å². The minimum absolute atomic E-state index is 0.628. The maximum atomic E-state index is 6.03. The first-order valence-electron chi connectivity index (χ1n) is 8.15. The highest BCUT2D eigenvalue weighted by Crippen LogP contribution is 2.11. The highest BCUT2D eigenvalue weighted by atomic mass is 16.5. The summed E-state index contributed by atoms with van der Waals surface area (Å²) in [6, 6.07) is 8.63. The standard InChI is InChI=1S/C17H28N4O/c1-3-21(4-2)17(18)19-13-15-6-5-7-16(12-15)14-20-8-10-22-11-9-20/h5-7,12H,3-4,8-11,13-14H2,1-2H3,(H2,18,19). The molecule has 0 atom stereocenters. The Morgan fingerprint density at radius 1 is 1.23 bits per heavy atom. The van der Waals surface area contributed by atoms with Crippen LogP contribution in [0.3, 0.4) is 0 Å². The third-order valence-electron chi connectivity index (χ3n) is 4.01. The molecule has 5 nitrogen and oxygen atoms in total. The van der Waals surface area contributed by atoms with E-state index in [0.717, 1.165) is 45.9 Å². The quantitative estimate of drug-likeness (QED) is 0.642. The molecule has 0 spiro atoms. The summed E-state index contributed by atoms with van der Waals surface area (Å²) in [6.45, 7) is 11.3. The van der Waals surface area contributed by atoms with Crippen molar-refractivity contribution in [1.29, 1.82) is 0 Å². The number of rotatable bonds is 6. The number of guanidine groups is 1. The fourth-order valence-electron chi connectivity index (χ4n) is 2.66. The van der Waals surface area contributed by atoms with Crippen molar-refractivity contribution in [2.75, 3.05) is 39.4 Å². The van der Waals surface area contributed by atoms with E-state index in [9.17, 15) is 0 Å². The second-order valence-electron chi connectivity index (χ2n) is 5.56. The van der Waals surface area contributed by atoms with Gasteiger partial charge in [0.1, 0.15) is 0 Å². The third-order valence-corrected chi connectivity index (χ3v) is 4.01. The summed E-state index contributed by atoms with van der Waals surface area (Å²) < 4.78 is 5.39. The topological polar surface area (TPSA) is 54.1 Å². The first-order valence-corrected chi connectivity index (χ1v) is 8.15. The summed E-state index contributed by atoms with van der Waals surface area (Å²) in [6.07, 6.45) is 0. The van der Waals surface area contributed by atoms with E-state index in [-0.39, 0.29) is 0 Å². The first-order chi connectivity index (χ1) is 10.7. The molecule has 2 rings (SSSR count). The summed E-state index contributed by atoms with van der Waals surface area (Å²) in [5.41, 5.74) is 8.57. The van der Waals surface area contributed by atoms with E-state index in [2.05, 4.69) is 52.9 Å². The number of nitrogens with zero attached hydrogens (tertiary/aromatic N) is 3. The van der Waals surface area contributed by atoms with E-state index >= 15 is 0 Å². The predicted molar refractivity (Wildman–Crippen MR) is 90.8 cm³/mol. The number of benzene rings is 1. The molecule has 0 saturated carbocycles. The van der Waals surface area contributed by atoms with Crippen LogP contribution in [0.15, 0.2) is 29.3 Å². The molecular weight excluding hydrogens is 276 g/mol. The van der Waals surface area contributed by atoms with E-state index in [4.69, 9.17) is 10.5 Å². The largest absolute Gasteiger partial charge is 0.379 e. The van der Waals surface area contributed by atoms with Crippen molar-refractivity contribution in [1.82, 2.24) is 9.80 Å². The monoisotopic (exact) mass is 304 g/mol. The van der Waals surface area contributed by atoms with Gasteiger partial charge in [-0.15, -0.1) is 0 Å².